The molecule has 11 heteroatoms. The largest absolute Gasteiger partial charge is 0.512 e. The van der Waals surface area contributed by atoms with Gasteiger partial charge in [-0.1, -0.05) is 12.1 Å². The maximum atomic E-state index is 13.5. The second kappa shape index (κ2) is 10.4. The summed E-state index contributed by atoms with van der Waals surface area (Å²) in [5.41, 5.74) is 0.385. The van der Waals surface area contributed by atoms with Crippen LogP contribution in [0.4, 0.5) is 0 Å². The van der Waals surface area contributed by atoms with Crippen LogP contribution in [0.3, 0.4) is 0 Å². The monoisotopic (exact) mass is 516 g/mol. The van der Waals surface area contributed by atoms with Gasteiger partial charge in [-0.05, 0) is 37.1 Å². The van der Waals surface area contributed by atoms with Crippen molar-refractivity contribution >= 4 is 11.0 Å². The van der Waals surface area contributed by atoms with Crippen LogP contribution >= 0.6 is 0 Å². The van der Waals surface area contributed by atoms with Crippen molar-refractivity contribution in [3.63, 3.8) is 0 Å². The zero-order valence-electron chi connectivity index (χ0n) is 20.0. The molecule has 1 aromatic heterocycles. The summed E-state index contributed by atoms with van der Waals surface area (Å²) in [5.74, 6) is -0.566. The number of aliphatic hydroxyl groups is 5. The van der Waals surface area contributed by atoms with E-state index < -0.39 is 48.5 Å². The average molecular weight is 516 g/mol. The second-order valence-corrected chi connectivity index (χ2v) is 9.03. The Morgan fingerprint density at radius 3 is 2.30 bits per heavy atom. The van der Waals surface area contributed by atoms with Crippen molar-refractivity contribution in [2.24, 2.45) is 0 Å². The van der Waals surface area contributed by atoms with Crippen molar-refractivity contribution in [2.45, 2.75) is 51.0 Å². The number of benzene rings is 2. The zero-order valence-corrected chi connectivity index (χ0v) is 20.0. The Bertz CT molecular complexity index is 1370. The maximum absolute atomic E-state index is 13.5. The number of allylic oxidation sites excluding steroid dienone is 2. The normalized spacial score (nSPS) is 23.7. The Morgan fingerprint density at radius 2 is 1.68 bits per heavy atom. The third kappa shape index (κ3) is 5.13. The van der Waals surface area contributed by atoms with E-state index >= 15 is 0 Å². The lowest BCUT2D eigenvalue weighted by Crippen LogP contribution is -2.60. The van der Waals surface area contributed by atoms with Crippen molar-refractivity contribution in [2.75, 3.05) is 6.61 Å². The van der Waals surface area contributed by atoms with E-state index in [1.54, 1.807) is 13.8 Å². The van der Waals surface area contributed by atoms with Gasteiger partial charge in [0.15, 0.2) is 0 Å². The maximum Gasteiger partial charge on any atom is 0.229 e. The highest BCUT2D eigenvalue weighted by Crippen LogP contribution is 2.35. The molecule has 1 fully saturated rings. The molecule has 0 aliphatic carbocycles. The topological polar surface area (TPSA) is 190 Å². The fourth-order valence-electron chi connectivity index (χ4n) is 4.06. The van der Waals surface area contributed by atoms with Gasteiger partial charge in [0.05, 0.1) is 24.4 Å². The van der Waals surface area contributed by atoms with E-state index in [0.29, 0.717) is 11.1 Å². The van der Waals surface area contributed by atoms with E-state index in [1.807, 2.05) is 0 Å². The molecule has 11 nitrogen and oxygen atoms in total. The first-order chi connectivity index (χ1) is 17.5. The molecule has 7 N–H and O–H groups in total. The van der Waals surface area contributed by atoms with Crippen LogP contribution < -0.4 is 10.2 Å². The van der Waals surface area contributed by atoms with Gasteiger partial charge >= 0.3 is 0 Å². The smallest absolute Gasteiger partial charge is 0.229 e. The van der Waals surface area contributed by atoms with Crippen molar-refractivity contribution in [1.29, 1.82) is 0 Å². The first-order valence-electron chi connectivity index (χ1n) is 11.5. The zero-order chi connectivity index (χ0) is 27.0. The number of fused-ring (bicyclic) bond motifs is 1. The molecule has 0 radical (unpaired) electrons. The van der Waals surface area contributed by atoms with Crippen LogP contribution in [-0.2, 0) is 11.2 Å². The van der Waals surface area contributed by atoms with Crippen LogP contribution in [0.1, 0.15) is 19.6 Å². The molecular formula is C26H28O11. The number of aliphatic hydroxyl groups excluding tert-OH is 5. The number of hydrogen-bond donors (Lipinski definition) is 7. The average Bonchev–Trinajstić information content (AvgIpc) is 2.85. The fraction of sp³-hybridized carbons (Fsp3) is 0.346. The summed E-state index contributed by atoms with van der Waals surface area (Å²) >= 11 is 0. The van der Waals surface area contributed by atoms with Crippen LogP contribution in [-0.4, -0.2) is 73.1 Å². The quantitative estimate of drug-likeness (QED) is 0.235. The predicted octanol–water partition coefficient (Wildman–Crippen LogP) is 1.44. The Hall–Kier alpha value is -3.61. The van der Waals surface area contributed by atoms with Gasteiger partial charge < -0.3 is 49.6 Å². The minimum Gasteiger partial charge on any atom is -0.512 e. The van der Waals surface area contributed by atoms with Gasteiger partial charge in [-0.2, -0.15) is 0 Å². The summed E-state index contributed by atoms with van der Waals surface area (Å²) in [4.78, 5) is 13.5. The van der Waals surface area contributed by atoms with Gasteiger partial charge in [0, 0.05) is 12.1 Å². The molecule has 0 amide bonds. The summed E-state index contributed by atoms with van der Waals surface area (Å²) in [6.07, 6.45) is -7.81. The third-order valence-corrected chi connectivity index (χ3v) is 6.18. The van der Waals surface area contributed by atoms with Crippen LogP contribution in [0, 0.1) is 0 Å². The molecule has 2 heterocycles. The van der Waals surface area contributed by atoms with E-state index in [1.165, 1.54) is 30.3 Å². The van der Waals surface area contributed by atoms with Gasteiger partial charge in [0.1, 0.15) is 58.4 Å². The summed E-state index contributed by atoms with van der Waals surface area (Å²) in [6.45, 7) is 2.72. The van der Waals surface area contributed by atoms with E-state index in [-0.39, 0.29) is 46.0 Å². The molecule has 0 spiro atoms. The number of phenolic OH excluding ortho intramolecular Hbond substituents is 2. The third-order valence-electron chi connectivity index (χ3n) is 6.18. The first-order valence-corrected chi connectivity index (χ1v) is 11.5. The number of hydrogen-bond acceptors (Lipinski definition) is 11. The molecule has 1 aliphatic rings. The minimum absolute atomic E-state index is 0.0135. The van der Waals surface area contributed by atoms with Crippen molar-refractivity contribution in [1.82, 2.24) is 0 Å². The molecular weight excluding hydrogens is 488 g/mol. The van der Waals surface area contributed by atoms with Crippen molar-refractivity contribution in [3.05, 3.63) is 63.7 Å². The molecule has 0 saturated carbocycles. The van der Waals surface area contributed by atoms with E-state index in [0.717, 1.165) is 6.07 Å². The standard InChI is InChI=1S/C26H28O11/c1-11(2)15(29)9-18-20(12-3-5-13(28)6-4-12)23(32)21-16(30)7-14(8-17(21)36-18)35-26-25(34)24(33)22(31)19(10-27)37-26/h3-8,19,22,24-31,33-34H,9-10H2,1-2H3/t19?,22-,24?,25?,26-/m1/s1. The van der Waals surface area contributed by atoms with Gasteiger partial charge in [-0.3, -0.25) is 4.79 Å². The predicted molar refractivity (Wildman–Crippen MR) is 130 cm³/mol. The van der Waals surface area contributed by atoms with E-state index in [2.05, 4.69) is 0 Å². The van der Waals surface area contributed by atoms with Gasteiger partial charge in [-0.25, -0.2) is 0 Å². The lowest BCUT2D eigenvalue weighted by atomic mass is 9.99. The van der Waals surface area contributed by atoms with Crippen LogP contribution in [0.2, 0.25) is 0 Å². The Morgan fingerprint density at radius 1 is 1.00 bits per heavy atom. The fourth-order valence-corrected chi connectivity index (χ4v) is 4.06. The number of ether oxygens (including phenoxy) is 2. The van der Waals surface area contributed by atoms with Gasteiger partial charge in [0.25, 0.3) is 0 Å². The van der Waals surface area contributed by atoms with Gasteiger partial charge in [-0.15, -0.1) is 0 Å². The Labute approximate surface area is 210 Å². The van der Waals surface area contributed by atoms with Crippen molar-refractivity contribution < 1.29 is 49.6 Å². The first kappa shape index (κ1) is 26.5. The molecule has 37 heavy (non-hydrogen) atoms. The molecule has 0 bridgehead atoms. The summed E-state index contributed by atoms with van der Waals surface area (Å²) in [7, 11) is 0. The van der Waals surface area contributed by atoms with Crippen LogP contribution in [0.25, 0.3) is 22.1 Å². The SMILES string of the molecule is CC(C)=C(O)Cc1oc2cc(O[C@@H]3OC(CO)[C@@H](O)C(O)C3O)cc(O)c2c(=O)c1-c1ccc(O)cc1. The van der Waals surface area contributed by atoms with E-state index in [9.17, 15) is 40.5 Å². The molecule has 4 rings (SSSR count). The lowest BCUT2D eigenvalue weighted by molar-refractivity contribution is -0.277. The molecule has 1 aliphatic heterocycles. The summed E-state index contributed by atoms with van der Waals surface area (Å²) in [5, 5.41) is 70.2. The Kier molecular flexibility index (Phi) is 7.44. The number of phenols is 2. The summed E-state index contributed by atoms with van der Waals surface area (Å²) < 4.78 is 16.9. The summed E-state index contributed by atoms with van der Waals surface area (Å²) in [6, 6.07) is 8.14. The van der Waals surface area contributed by atoms with E-state index in [4.69, 9.17) is 13.9 Å². The second-order valence-electron chi connectivity index (χ2n) is 9.03. The van der Waals surface area contributed by atoms with Gasteiger partial charge in [0.2, 0.25) is 11.7 Å². The highest BCUT2D eigenvalue weighted by Gasteiger charge is 2.44. The molecule has 2 aromatic carbocycles. The highest BCUT2D eigenvalue weighted by molar-refractivity contribution is 5.89. The van der Waals surface area contributed by atoms with Crippen molar-refractivity contribution in [3.8, 4) is 28.4 Å². The molecule has 1 saturated heterocycles. The van der Waals surface area contributed by atoms with Crippen LogP contribution in [0.5, 0.6) is 17.2 Å². The molecule has 198 valence electrons. The molecule has 3 aromatic rings. The molecule has 3 unspecified atom stereocenters. The van der Waals surface area contributed by atoms with Crippen LogP contribution in [0.15, 0.2) is 56.9 Å². The minimum atomic E-state index is -1.69. The highest BCUT2D eigenvalue weighted by atomic mass is 16.7. The molecule has 5 atom stereocenters. The number of aromatic hydroxyl groups is 2. The lowest BCUT2D eigenvalue weighted by Gasteiger charge is -2.39. The Balaban J connectivity index is 1.82. The number of rotatable bonds is 6.